The zero-order valence-electron chi connectivity index (χ0n) is 13.2. The summed E-state index contributed by atoms with van der Waals surface area (Å²) in [5.74, 6) is -3.39. The molecule has 0 aliphatic carbocycles. The molecule has 10 nitrogen and oxygen atoms in total. The molecular formula is C14H19N3O7. The van der Waals surface area contributed by atoms with Crippen molar-refractivity contribution >= 4 is 18.0 Å². The maximum absolute atomic E-state index is 12.4. The smallest absolute Gasteiger partial charge is 0.416 e. The number of carboxylic acids is 1. The van der Waals surface area contributed by atoms with Crippen LogP contribution in [-0.2, 0) is 19.1 Å². The molecule has 24 heavy (non-hydrogen) atoms. The summed E-state index contributed by atoms with van der Waals surface area (Å²) in [6.07, 6.45) is -1.44. The molecule has 0 aromatic rings. The van der Waals surface area contributed by atoms with E-state index in [2.05, 4.69) is 5.32 Å². The Morgan fingerprint density at radius 3 is 2.83 bits per heavy atom. The molecule has 0 aromatic heterocycles. The van der Waals surface area contributed by atoms with Crippen molar-refractivity contribution in [2.24, 2.45) is 0 Å². The normalized spacial score (nSPS) is 29.9. The summed E-state index contributed by atoms with van der Waals surface area (Å²) in [7, 11) is 0. The van der Waals surface area contributed by atoms with Crippen LogP contribution in [0.4, 0.5) is 4.79 Å². The van der Waals surface area contributed by atoms with Crippen LogP contribution in [0.15, 0.2) is 11.5 Å². The lowest BCUT2D eigenvalue weighted by Crippen LogP contribution is -2.71. The van der Waals surface area contributed by atoms with Crippen LogP contribution in [0.3, 0.4) is 0 Å². The van der Waals surface area contributed by atoms with Gasteiger partial charge in [0.05, 0.1) is 13.2 Å². The SMILES string of the molecule is CCOC(=O)N1C(C(=O)O)=C(O)C(=O)N2CCOC3(CCNC3)C21. The van der Waals surface area contributed by atoms with Crippen LogP contribution in [0.5, 0.6) is 0 Å². The van der Waals surface area contributed by atoms with Crippen LogP contribution >= 0.6 is 0 Å². The highest BCUT2D eigenvalue weighted by molar-refractivity contribution is 6.04. The van der Waals surface area contributed by atoms with E-state index in [1.54, 1.807) is 6.92 Å². The molecule has 0 saturated carbocycles. The van der Waals surface area contributed by atoms with Gasteiger partial charge in [-0.05, 0) is 19.9 Å². The fraction of sp³-hybridized carbons (Fsp3) is 0.643. The molecule has 3 N–H and O–H groups in total. The van der Waals surface area contributed by atoms with Gasteiger partial charge < -0.3 is 29.9 Å². The van der Waals surface area contributed by atoms with E-state index in [9.17, 15) is 24.6 Å². The Morgan fingerprint density at radius 1 is 1.50 bits per heavy atom. The van der Waals surface area contributed by atoms with E-state index < -0.39 is 41.2 Å². The number of aliphatic hydroxyl groups excluding tert-OH is 1. The number of carboxylic acid groups (broad SMARTS) is 1. The minimum atomic E-state index is -1.58. The highest BCUT2D eigenvalue weighted by Crippen LogP contribution is 2.39. The first-order valence-corrected chi connectivity index (χ1v) is 7.71. The molecule has 2 fully saturated rings. The Kier molecular flexibility index (Phi) is 4.10. The lowest BCUT2D eigenvalue weighted by molar-refractivity contribution is -0.190. The number of aliphatic carboxylic acids is 1. The number of amides is 2. The first-order valence-electron chi connectivity index (χ1n) is 7.71. The second-order valence-corrected chi connectivity index (χ2v) is 5.78. The van der Waals surface area contributed by atoms with Gasteiger partial charge in [0.1, 0.15) is 11.8 Å². The van der Waals surface area contributed by atoms with E-state index in [1.165, 1.54) is 4.90 Å². The largest absolute Gasteiger partial charge is 0.501 e. The third-order valence-corrected chi connectivity index (χ3v) is 4.48. The number of ether oxygens (including phenoxy) is 2. The predicted octanol–water partition coefficient (Wildman–Crippen LogP) is -0.770. The Balaban J connectivity index is 2.14. The summed E-state index contributed by atoms with van der Waals surface area (Å²) in [4.78, 5) is 38.6. The number of carbonyl (C=O) groups excluding carboxylic acids is 2. The van der Waals surface area contributed by atoms with Gasteiger partial charge in [0.2, 0.25) is 5.76 Å². The fourth-order valence-electron chi connectivity index (χ4n) is 3.51. The molecule has 2 atom stereocenters. The Bertz CT molecular complexity index is 611. The summed E-state index contributed by atoms with van der Waals surface area (Å²) in [6, 6.07) is 0. The van der Waals surface area contributed by atoms with Crippen LogP contribution in [0.25, 0.3) is 0 Å². The zero-order chi connectivity index (χ0) is 17.5. The van der Waals surface area contributed by atoms with Gasteiger partial charge in [-0.1, -0.05) is 0 Å². The number of hydrogen-bond acceptors (Lipinski definition) is 7. The van der Waals surface area contributed by atoms with Crippen molar-refractivity contribution in [3.8, 4) is 0 Å². The molecule has 3 aliphatic rings. The summed E-state index contributed by atoms with van der Waals surface area (Å²) in [6.45, 7) is 2.93. The molecule has 2 amide bonds. The number of nitrogens with one attached hydrogen (secondary N) is 1. The third-order valence-electron chi connectivity index (χ3n) is 4.48. The van der Waals surface area contributed by atoms with Crippen molar-refractivity contribution in [2.45, 2.75) is 25.1 Å². The monoisotopic (exact) mass is 341 g/mol. The van der Waals surface area contributed by atoms with E-state index in [0.717, 1.165) is 4.90 Å². The molecular weight excluding hydrogens is 322 g/mol. The first kappa shape index (κ1) is 16.5. The fourth-order valence-corrected chi connectivity index (χ4v) is 3.51. The van der Waals surface area contributed by atoms with Crippen molar-refractivity contribution < 1.29 is 34.1 Å². The molecule has 0 bridgehead atoms. The molecule has 2 unspecified atom stereocenters. The highest BCUT2D eigenvalue weighted by atomic mass is 16.6. The van der Waals surface area contributed by atoms with Crippen LogP contribution in [-0.4, -0.2) is 82.6 Å². The van der Waals surface area contributed by atoms with E-state index in [1.807, 2.05) is 0 Å². The number of hydrogen-bond donors (Lipinski definition) is 3. The molecule has 1 spiro atoms. The van der Waals surface area contributed by atoms with E-state index in [0.29, 0.717) is 19.5 Å². The third kappa shape index (κ3) is 2.29. The van der Waals surface area contributed by atoms with Crippen molar-refractivity contribution in [3.05, 3.63) is 11.5 Å². The molecule has 3 aliphatic heterocycles. The van der Waals surface area contributed by atoms with Gasteiger partial charge in [-0.3, -0.25) is 4.79 Å². The van der Waals surface area contributed by atoms with Gasteiger partial charge >= 0.3 is 12.1 Å². The molecule has 3 heterocycles. The number of nitrogens with zero attached hydrogens (tertiary/aromatic N) is 2. The minimum absolute atomic E-state index is 0.0236. The summed E-state index contributed by atoms with van der Waals surface area (Å²) < 4.78 is 10.8. The van der Waals surface area contributed by atoms with Crippen LogP contribution < -0.4 is 5.32 Å². The van der Waals surface area contributed by atoms with Crippen LogP contribution in [0.1, 0.15) is 13.3 Å². The number of morpholine rings is 1. The second-order valence-electron chi connectivity index (χ2n) is 5.78. The van der Waals surface area contributed by atoms with E-state index in [4.69, 9.17) is 9.47 Å². The average molecular weight is 341 g/mol. The Morgan fingerprint density at radius 2 is 2.25 bits per heavy atom. The van der Waals surface area contributed by atoms with Crippen molar-refractivity contribution in [3.63, 3.8) is 0 Å². The summed E-state index contributed by atoms with van der Waals surface area (Å²) in [5.41, 5.74) is -1.72. The Hall–Kier alpha value is -2.33. The van der Waals surface area contributed by atoms with Crippen molar-refractivity contribution in [1.82, 2.24) is 15.1 Å². The number of aliphatic hydroxyl groups is 1. The summed E-state index contributed by atoms with van der Waals surface area (Å²) >= 11 is 0. The zero-order valence-corrected chi connectivity index (χ0v) is 13.2. The molecule has 132 valence electrons. The van der Waals surface area contributed by atoms with Gasteiger partial charge in [-0.25, -0.2) is 14.5 Å². The topological polar surface area (TPSA) is 129 Å². The average Bonchev–Trinajstić information content (AvgIpc) is 2.99. The number of rotatable bonds is 2. The van der Waals surface area contributed by atoms with Gasteiger partial charge in [-0.2, -0.15) is 0 Å². The summed E-state index contributed by atoms with van der Waals surface area (Å²) in [5, 5.41) is 22.6. The predicted molar refractivity (Wildman–Crippen MR) is 77.8 cm³/mol. The van der Waals surface area contributed by atoms with Gasteiger partial charge in [0, 0.05) is 13.1 Å². The van der Waals surface area contributed by atoms with Crippen molar-refractivity contribution in [2.75, 3.05) is 32.8 Å². The van der Waals surface area contributed by atoms with Gasteiger partial charge in [-0.15, -0.1) is 0 Å². The highest BCUT2D eigenvalue weighted by Gasteiger charge is 2.58. The van der Waals surface area contributed by atoms with Crippen LogP contribution in [0.2, 0.25) is 0 Å². The van der Waals surface area contributed by atoms with Crippen LogP contribution in [0, 0.1) is 0 Å². The first-order chi connectivity index (χ1) is 11.4. The maximum atomic E-state index is 12.4. The number of fused-ring (bicyclic) bond motifs is 2. The minimum Gasteiger partial charge on any atom is -0.501 e. The lowest BCUT2D eigenvalue weighted by Gasteiger charge is -2.52. The maximum Gasteiger partial charge on any atom is 0.416 e. The van der Waals surface area contributed by atoms with E-state index >= 15 is 0 Å². The van der Waals surface area contributed by atoms with Crippen molar-refractivity contribution in [1.29, 1.82) is 0 Å². The molecule has 0 aromatic carbocycles. The van der Waals surface area contributed by atoms with E-state index in [-0.39, 0.29) is 19.8 Å². The molecule has 3 rings (SSSR count). The molecule has 10 heteroatoms. The standard InChI is InChI=1S/C14H19N3O7/c1-2-23-13(22)17-8(11(20)21)9(18)10(19)16-5-6-24-14(12(16)17)3-4-15-7-14/h12,15,18H,2-7H2,1H3,(H,20,21). The van der Waals surface area contributed by atoms with Gasteiger partial charge in [0.25, 0.3) is 5.91 Å². The van der Waals surface area contributed by atoms with Gasteiger partial charge in [0.15, 0.2) is 5.70 Å². The molecule has 2 saturated heterocycles. The molecule has 0 radical (unpaired) electrons. The Labute approximate surface area is 137 Å². The number of carbonyl (C=O) groups is 3. The second kappa shape index (κ2) is 5.95. The lowest BCUT2D eigenvalue weighted by atomic mass is 9.92. The quantitative estimate of drug-likeness (QED) is 0.597.